The molecule has 4 aromatic rings. The van der Waals surface area contributed by atoms with Crippen LogP contribution in [0.4, 0.5) is 0 Å². The van der Waals surface area contributed by atoms with Gasteiger partial charge in [0, 0.05) is 11.1 Å². The molecule has 4 rings (SSSR count). The molecule has 5 heteroatoms. The van der Waals surface area contributed by atoms with Gasteiger partial charge in [-0.05, 0) is 48.0 Å². The normalized spacial score (nSPS) is 13.4. The summed E-state index contributed by atoms with van der Waals surface area (Å²) in [6.07, 6.45) is 0. The molecule has 0 radical (unpaired) electrons. The fourth-order valence-electron chi connectivity index (χ4n) is 3.29. The molecule has 2 atom stereocenters. The molecule has 1 aromatic heterocycles. The summed E-state index contributed by atoms with van der Waals surface area (Å²) in [4.78, 5) is 1.29. The predicted molar refractivity (Wildman–Crippen MR) is 109 cm³/mol. The van der Waals surface area contributed by atoms with Crippen LogP contribution in [0.25, 0.3) is 22.2 Å². The molecule has 0 fully saturated rings. The van der Waals surface area contributed by atoms with E-state index in [1.54, 1.807) is 7.11 Å². The van der Waals surface area contributed by atoms with Crippen molar-refractivity contribution in [3.63, 3.8) is 0 Å². The average molecular weight is 374 g/mol. The van der Waals surface area contributed by atoms with Gasteiger partial charge in [-0.15, -0.1) is 10.2 Å². The van der Waals surface area contributed by atoms with Crippen molar-refractivity contribution in [2.24, 2.45) is 0 Å². The summed E-state index contributed by atoms with van der Waals surface area (Å²) >= 11 is 0. The van der Waals surface area contributed by atoms with Crippen LogP contribution >= 0.6 is 0 Å². The lowest BCUT2D eigenvalue weighted by Gasteiger charge is -2.19. The van der Waals surface area contributed by atoms with Gasteiger partial charge in [-0.3, -0.25) is 0 Å². The molecular formula is C23H24N3O2+. The highest BCUT2D eigenvalue weighted by atomic mass is 16.5. The smallest absolute Gasteiger partial charge is 0.274 e. The number of ether oxygens (including phenoxy) is 1. The van der Waals surface area contributed by atoms with E-state index in [-0.39, 0.29) is 6.04 Å². The molecule has 142 valence electrons. The third-order valence-electron chi connectivity index (χ3n) is 5.18. The molecular weight excluding hydrogens is 350 g/mol. The first-order chi connectivity index (χ1) is 13.6. The Kier molecular flexibility index (Phi) is 5.08. The van der Waals surface area contributed by atoms with Gasteiger partial charge in [0.1, 0.15) is 12.3 Å². The average Bonchev–Trinajstić information content (AvgIpc) is 3.23. The molecule has 0 aliphatic heterocycles. The zero-order valence-corrected chi connectivity index (χ0v) is 16.3. The topological polar surface area (TPSA) is 52.6 Å². The highest BCUT2D eigenvalue weighted by Gasteiger charge is 2.22. The molecule has 1 N–H and O–H groups in total. The van der Waals surface area contributed by atoms with Crippen molar-refractivity contribution in [2.75, 3.05) is 14.2 Å². The minimum Gasteiger partial charge on any atom is -0.497 e. The largest absolute Gasteiger partial charge is 0.497 e. The van der Waals surface area contributed by atoms with Crippen LogP contribution in [0.3, 0.4) is 0 Å². The highest BCUT2D eigenvalue weighted by Crippen LogP contribution is 2.22. The van der Waals surface area contributed by atoms with Crippen LogP contribution in [0.15, 0.2) is 71.1 Å². The molecule has 0 bridgehead atoms. The van der Waals surface area contributed by atoms with Crippen LogP contribution in [-0.2, 0) is 6.54 Å². The van der Waals surface area contributed by atoms with Crippen molar-refractivity contribution < 1.29 is 14.1 Å². The zero-order valence-electron chi connectivity index (χ0n) is 16.3. The second-order valence-corrected chi connectivity index (χ2v) is 7.10. The van der Waals surface area contributed by atoms with E-state index in [0.29, 0.717) is 11.8 Å². The molecule has 0 aliphatic rings. The van der Waals surface area contributed by atoms with Crippen LogP contribution in [0.5, 0.6) is 5.75 Å². The fourth-order valence-corrected chi connectivity index (χ4v) is 3.29. The Balaban J connectivity index is 1.48. The maximum absolute atomic E-state index is 5.95. The van der Waals surface area contributed by atoms with Gasteiger partial charge in [0.25, 0.3) is 5.89 Å². The molecule has 0 saturated heterocycles. The van der Waals surface area contributed by atoms with E-state index in [4.69, 9.17) is 9.15 Å². The van der Waals surface area contributed by atoms with Gasteiger partial charge >= 0.3 is 0 Å². The van der Waals surface area contributed by atoms with Crippen LogP contribution < -0.4 is 9.64 Å². The molecule has 28 heavy (non-hydrogen) atoms. The summed E-state index contributed by atoms with van der Waals surface area (Å²) in [6.45, 7) is 2.99. The third kappa shape index (κ3) is 3.75. The molecule has 1 heterocycles. The Morgan fingerprint density at radius 1 is 0.964 bits per heavy atom. The molecule has 5 nitrogen and oxygen atoms in total. The van der Waals surface area contributed by atoms with Gasteiger partial charge in [-0.25, -0.2) is 0 Å². The number of methoxy groups -OCH3 is 1. The van der Waals surface area contributed by atoms with Crippen molar-refractivity contribution in [2.45, 2.75) is 19.5 Å². The molecule has 1 unspecified atom stereocenters. The van der Waals surface area contributed by atoms with E-state index in [2.05, 4.69) is 66.6 Å². The number of benzene rings is 3. The van der Waals surface area contributed by atoms with E-state index in [1.807, 2.05) is 24.3 Å². The summed E-state index contributed by atoms with van der Waals surface area (Å²) < 4.78 is 11.1. The van der Waals surface area contributed by atoms with E-state index in [0.717, 1.165) is 17.9 Å². The number of aromatic nitrogens is 2. The quantitative estimate of drug-likeness (QED) is 0.559. The standard InChI is InChI=1S/C23H23N3O2/c1-16(22-24-25-23(28-22)19-10-12-21(27-3)13-11-19)26(2)15-17-8-9-18-6-4-5-7-20(18)14-17/h4-14,16H,15H2,1-3H3/p+1/t16-/m0/s1. The minimum absolute atomic E-state index is 0.0889. The SMILES string of the molecule is COc1ccc(-c2nnc([C@H](C)[NH+](C)Cc3ccc4ccccc4c3)o2)cc1. The van der Waals surface area contributed by atoms with Crippen molar-refractivity contribution in [1.82, 2.24) is 10.2 Å². The lowest BCUT2D eigenvalue weighted by atomic mass is 10.1. The highest BCUT2D eigenvalue weighted by molar-refractivity contribution is 5.82. The second-order valence-electron chi connectivity index (χ2n) is 7.10. The van der Waals surface area contributed by atoms with E-state index >= 15 is 0 Å². The number of hydrogen-bond donors (Lipinski definition) is 1. The van der Waals surface area contributed by atoms with Gasteiger partial charge < -0.3 is 14.1 Å². The predicted octanol–water partition coefficient (Wildman–Crippen LogP) is 3.67. The first-order valence-electron chi connectivity index (χ1n) is 9.42. The Labute approximate surface area is 164 Å². The fraction of sp³-hybridized carbons (Fsp3) is 0.217. The Hall–Kier alpha value is -3.18. The van der Waals surface area contributed by atoms with E-state index < -0.39 is 0 Å². The monoisotopic (exact) mass is 374 g/mol. The van der Waals surface area contributed by atoms with Crippen LogP contribution in [0, 0.1) is 0 Å². The van der Waals surface area contributed by atoms with Crippen LogP contribution in [0.1, 0.15) is 24.4 Å². The zero-order chi connectivity index (χ0) is 19.5. The number of nitrogens with zero attached hydrogens (tertiary/aromatic N) is 2. The van der Waals surface area contributed by atoms with Gasteiger partial charge in [0.05, 0.1) is 14.2 Å². The molecule has 3 aromatic carbocycles. The molecule has 0 saturated carbocycles. The molecule has 0 aliphatic carbocycles. The van der Waals surface area contributed by atoms with Crippen LogP contribution in [0.2, 0.25) is 0 Å². The maximum atomic E-state index is 5.95. The summed E-state index contributed by atoms with van der Waals surface area (Å²) in [6, 6.07) is 22.8. The van der Waals surface area contributed by atoms with Crippen molar-refractivity contribution in [3.05, 3.63) is 78.2 Å². The summed E-state index contributed by atoms with van der Waals surface area (Å²) in [7, 11) is 3.80. The Morgan fingerprint density at radius 3 is 2.46 bits per heavy atom. The maximum Gasteiger partial charge on any atom is 0.274 e. The number of nitrogens with one attached hydrogen (secondary N) is 1. The van der Waals surface area contributed by atoms with E-state index in [1.165, 1.54) is 21.2 Å². The number of rotatable bonds is 6. The van der Waals surface area contributed by atoms with Gasteiger partial charge in [-0.2, -0.15) is 0 Å². The molecule has 0 amide bonds. The minimum atomic E-state index is 0.0889. The summed E-state index contributed by atoms with van der Waals surface area (Å²) in [5, 5.41) is 11.0. The van der Waals surface area contributed by atoms with E-state index in [9.17, 15) is 0 Å². The summed E-state index contributed by atoms with van der Waals surface area (Å²) in [5.74, 6) is 1.98. The lowest BCUT2D eigenvalue weighted by molar-refractivity contribution is -0.925. The lowest BCUT2D eigenvalue weighted by Crippen LogP contribution is -3.07. The van der Waals surface area contributed by atoms with Crippen LogP contribution in [-0.4, -0.2) is 24.4 Å². The number of fused-ring (bicyclic) bond motifs is 1. The van der Waals surface area contributed by atoms with Crippen molar-refractivity contribution in [3.8, 4) is 17.2 Å². The van der Waals surface area contributed by atoms with Crippen molar-refractivity contribution in [1.29, 1.82) is 0 Å². The summed E-state index contributed by atoms with van der Waals surface area (Å²) in [5.41, 5.74) is 2.18. The third-order valence-corrected chi connectivity index (χ3v) is 5.18. The molecule has 0 spiro atoms. The second kappa shape index (κ2) is 7.82. The van der Waals surface area contributed by atoms with Crippen molar-refractivity contribution >= 4 is 10.8 Å². The Morgan fingerprint density at radius 2 is 1.71 bits per heavy atom. The first-order valence-corrected chi connectivity index (χ1v) is 9.42. The Bertz CT molecular complexity index is 1070. The van der Waals surface area contributed by atoms with Gasteiger partial charge in [0.15, 0.2) is 6.04 Å². The van der Waals surface area contributed by atoms with Gasteiger partial charge in [-0.1, -0.05) is 36.4 Å². The first kappa shape index (κ1) is 18.2. The number of hydrogen-bond acceptors (Lipinski definition) is 4. The van der Waals surface area contributed by atoms with Gasteiger partial charge in [0.2, 0.25) is 5.89 Å². The number of quaternary nitrogens is 1.